The van der Waals surface area contributed by atoms with Gasteiger partial charge in [0.15, 0.2) is 5.78 Å². The van der Waals surface area contributed by atoms with Gasteiger partial charge in [0.05, 0.1) is 17.8 Å². The number of hydrogen-bond donors (Lipinski definition) is 1. The molecule has 114 valence electrons. The lowest BCUT2D eigenvalue weighted by atomic mass is 9.80. The van der Waals surface area contributed by atoms with E-state index in [4.69, 9.17) is 4.74 Å². The smallest absolute Gasteiger partial charge is 0.159 e. The molecular formula is C18H20N2O2. The third-order valence-corrected chi connectivity index (χ3v) is 5.07. The van der Waals surface area contributed by atoms with Crippen molar-refractivity contribution in [1.29, 1.82) is 0 Å². The molecule has 0 radical (unpaired) electrons. The Morgan fingerprint density at radius 1 is 1.41 bits per heavy atom. The predicted molar refractivity (Wildman–Crippen MR) is 85.4 cm³/mol. The number of hydrogen-bond acceptors (Lipinski definition) is 3. The molecule has 0 bridgehead atoms. The van der Waals surface area contributed by atoms with Crippen molar-refractivity contribution in [2.24, 2.45) is 5.92 Å². The summed E-state index contributed by atoms with van der Waals surface area (Å²) in [6.45, 7) is 2.13. The summed E-state index contributed by atoms with van der Waals surface area (Å²) in [4.78, 5) is 12.4. The molecule has 2 aromatic rings. The highest BCUT2D eigenvalue weighted by molar-refractivity contribution is 6.07. The number of aromatic amines is 1. The van der Waals surface area contributed by atoms with Crippen LogP contribution in [0.4, 0.5) is 0 Å². The number of nitrogens with one attached hydrogen (secondary N) is 1. The Morgan fingerprint density at radius 2 is 2.27 bits per heavy atom. The van der Waals surface area contributed by atoms with Crippen LogP contribution >= 0.6 is 0 Å². The second kappa shape index (κ2) is 5.06. The topological polar surface area (TPSA) is 55.0 Å². The van der Waals surface area contributed by atoms with Crippen LogP contribution in [0, 0.1) is 5.92 Å². The second-order valence-electron chi connectivity index (χ2n) is 6.22. The van der Waals surface area contributed by atoms with Crippen molar-refractivity contribution in [3.8, 4) is 0 Å². The molecule has 0 saturated heterocycles. The van der Waals surface area contributed by atoms with Gasteiger partial charge in [-0.2, -0.15) is 5.10 Å². The number of ketones is 1. The van der Waals surface area contributed by atoms with E-state index in [0.717, 1.165) is 35.7 Å². The minimum atomic E-state index is 0.0336. The summed E-state index contributed by atoms with van der Waals surface area (Å²) in [5, 5.41) is 8.32. The summed E-state index contributed by atoms with van der Waals surface area (Å²) in [5.74, 6) is 0.628. The number of fused-ring (bicyclic) bond motifs is 5. The van der Waals surface area contributed by atoms with Crippen molar-refractivity contribution in [2.75, 3.05) is 7.11 Å². The minimum absolute atomic E-state index is 0.0336. The third-order valence-electron chi connectivity index (χ3n) is 5.07. The third kappa shape index (κ3) is 1.73. The van der Waals surface area contributed by atoms with Crippen LogP contribution in [-0.4, -0.2) is 23.1 Å². The Kier molecular flexibility index (Phi) is 3.15. The maximum atomic E-state index is 12.4. The Labute approximate surface area is 129 Å². The zero-order valence-electron chi connectivity index (χ0n) is 13.0. The van der Waals surface area contributed by atoms with Gasteiger partial charge in [-0.25, -0.2) is 0 Å². The lowest BCUT2D eigenvalue weighted by molar-refractivity contribution is -0.116. The summed E-state index contributed by atoms with van der Waals surface area (Å²) in [6, 6.07) is 4.19. The van der Waals surface area contributed by atoms with Gasteiger partial charge in [0.1, 0.15) is 0 Å². The molecule has 1 heterocycles. The van der Waals surface area contributed by atoms with Crippen LogP contribution in [0.2, 0.25) is 0 Å². The fraction of sp³-hybridized carbons (Fsp3) is 0.444. The van der Waals surface area contributed by atoms with Gasteiger partial charge >= 0.3 is 0 Å². The molecule has 0 spiro atoms. The van der Waals surface area contributed by atoms with E-state index in [1.54, 1.807) is 7.11 Å². The monoisotopic (exact) mass is 296 g/mol. The zero-order chi connectivity index (χ0) is 15.3. The van der Waals surface area contributed by atoms with Gasteiger partial charge in [0.25, 0.3) is 0 Å². The number of H-pyrrole nitrogens is 1. The van der Waals surface area contributed by atoms with E-state index < -0.39 is 0 Å². The maximum Gasteiger partial charge on any atom is 0.159 e. The highest BCUT2D eigenvalue weighted by Crippen LogP contribution is 2.54. The van der Waals surface area contributed by atoms with Crippen molar-refractivity contribution in [3.05, 3.63) is 35.0 Å². The lowest BCUT2D eigenvalue weighted by Crippen LogP contribution is -2.19. The van der Waals surface area contributed by atoms with Crippen molar-refractivity contribution in [2.45, 2.75) is 38.7 Å². The molecule has 2 atom stereocenters. The Balaban J connectivity index is 2.02. The van der Waals surface area contributed by atoms with E-state index >= 15 is 0 Å². The normalized spacial score (nSPS) is 24.0. The molecule has 2 aliphatic carbocycles. The first-order valence-electron chi connectivity index (χ1n) is 8.01. The van der Waals surface area contributed by atoms with Gasteiger partial charge in [-0.05, 0) is 41.2 Å². The summed E-state index contributed by atoms with van der Waals surface area (Å²) in [6.07, 6.45) is 5.30. The van der Waals surface area contributed by atoms with E-state index in [1.807, 2.05) is 6.20 Å². The molecule has 1 aromatic carbocycles. The molecule has 2 aliphatic rings. The number of nitrogens with zero attached hydrogens (tertiary/aromatic N) is 1. The van der Waals surface area contributed by atoms with Gasteiger partial charge in [-0.1, -0.05) is 19.4 Å². The molecular weight excluding hydrogens is 276 g/mol. The van der Waals surface area contributed by atoms with Crippen LogP contribution in [-0.2, 0) is 9.53 Å². The van der Waals surface area contributed by atoms with E-state index in [2.05, 4.69) is 29.3 Å². The first kappa shape index (κ1) is 13.7. The number of allylic oxidation sites excluding steroid dienone is 1. The van der Waals surface area contributed by atoms with Crippen LogP contribution in [0.5, 0.6) is 0 Å². The molecule has 0 aliphatic heterocycles. The van der Waals surface area contributed by atoms with E-state index in [1.165, 1.54) is 16.7 Å². The molecule has 4 heteroatoms. The minimum Gasteiger partial charge on any atom is -0.376 e. The quantitative estimate of drug-likeness (QED) is 0.937. The Hall–Kier alpha value is -1.94. The van der Waals surface area contributed by atoms with Gasteiger partial charge in [-0.15, -0.1) is 0 Å². The maximum absolute atomic E-state index is 12.4. The largest absolute Gasteiger partial charge is 0.376 e. The standard InChI is InChI=1S/C18H20N2O2/c1-3-4-10-15(21)8-6-12-16(10)11-5-7-14-13(9-19-20-14)17(11)18(12)22-2/h5,7,9,12,18H,3-4,6,8H2,1-2H3,(H,19,20). The average Bonchev–Trinajstić information content (AvgIpc) is 3.11. The number of rotatable bonds is 3. The summed E-state index contributed by atoms with van der Waals surface area (Å²) in [7, 11) is 1.77. The molecule has 4 nitrogen and oxygen atoms in total. The number of methoxy groups -OCH3 is 1. The van der Waals surface area contributed by atoms with Crippen LogP contribution in [0.1, 0.15) is 49.8 Å². The number of aromatic nitrogens is 2. The molecule has 0 saturated carbocycles. The van der Waals surface area contributed by atoms with Crippen molar-refractivity contribution in [3.63, 3.8) is 0 Å². The molecule has 0 amide bonds. The zero-order valence-corrected chi connectivity index (χ0v) is 13.0. The number of Topliss-reactive ketones (excluding diaryl/α,β-unsaturated/α-hetero) is 1. The van der Waals surface area contributed by atoms with Gasteiger partial charge in [-0.3, -0.25) is 9.89 Å². The molecule has 0 fully saturated rings. The van der Waals surface area contributed by atoms with Crippen molar-refractivity contribution >= 4 is 22.3 Å². The fourth-order valence-corrected chi connectivity index (χ4v) is 4.21. The average molecular weight is 296 g/mol. The number of ether oxygens (including phenoxy) is 1. The van der Waals surface area contributed by atoms with Crippen molar-refractivity contribution < 1.29 is 9.53 Å². The molecule has 22 heavy (non-hydrogen) atoms. The predicted octanol–water partition coefficient (Wildman–Crippen LogP) is 3.80. The van der Waals surface area contributed by atoms with Crippen LogP contribution < -0.4 is 0 Å². The molecule has 4 rings (SSSR count). The highest BCUT2D eigenvalue weighted by Gasteiger charge is 2.42. The van der Waals surface area contributed by atoms with E-state index in [9.17, 15) is 4.79 Å². The van der Waals surface area contributed by atoms with E-state index in [-0.39, 0.29) is 6.10 Å². The van der Waals surface area contributed by atoms with Gasteiger partial charge in [0.2, 0.25) is 0 Å². The lowest BCUT2D eigenvalue weighted by Gasteiger charge is -2.26. The van der Waals surface area contributed by atoms with Crippen LogP contribution in [0.15, 0.2) is 23.9 Å². The van der Waals surface area contributed by atoms with Crippen molar-refractivity contribution in [1.82, 2.24) is 10.2 Å². The van der Waals surface area contributed by atoms with Gasteiger partial charge in [0, 0.05) is 24.8 Å². The van der Waals surface area contributed by atoms with Crippen LogP contribution in [0.25, 0.3) is 16.5 Å². The number of carbonyl (C=O) groups excluding carboxylic acids is 1. The molecule has 1 aromatic heterocycles. The first-order valence-corrected chi connectivity index (χ1v) is 8.01. The summed E-state index contributed by atoms with van der Waals surface area (Å²) >= 11 is 0. The second-order valence-corrected chi connectivity index (χ2v) is 6.22. The Morgan fingerprint density at radius 3 is 3.05 bits per heavy atom. The molecule has 2 unspecified atom stereocenters. The molecule has 1 N–H and O–H groups in total. The van der Waals surface area contributed by atoms with Gasteiger partial charge < -0.3 is 4.74 Å². The highest BCUT2D eigenvalue weighted by atomic mass is 16.5. The first-order chi connectivity index (χ1) is 10.8. The SMILES string of the molecule is CCCC1=C2c3ccc4[nH]ncc4c3C(OC)C2CCC1=O. The summed E-state index contributed by atoms with van der Waals surface area (Å²) < 4.78 is 5.86. The van der Waals surface area contributed by atoms with Crippen LogP contribution in [0.3, 0.4) is 0 Å². The summed E-state index contributed by atoms with van der Waals surface area (Å²) in [5.41, 5.74) is 5.70. The number of carbonyl (C=O) groups is 1. The van der Waals surface area contributed by atoms with E-state index in [0.29, 0.717) is 18.1 Å². The Bertz CT molecular complexity index is 787. The number of benzene rings is 1. The fourth-order valence-electron chi connectivity index (χ4n) is 4.21.